The number of rotatable bonds is 8. The van der Waals surface area contributed by atoms with Crippen LogP contribution >= 0.6 is 0 Å². The van der Waals surface area contributed by atoms with Gasteiger partial charge in [0.25, 0.3) is 0 Å². The van der Waals surface area contributed by atoms with Crippen LogP contribution < -0.4 is 10.6 Å². The normalized spacial score (nSPS) is 19.1. The molecule has 0 aromatic rings. The summed E-state index contributed by atoms with van der Waals surface area (Å²) in [6.07, 6.45) is 5.08. The van der Waals surface area contributed by atoms with Gasteiger partial charge in [-0.3, -0.25) is 9.00 Å². The molecule has 0 heterocycles. The van der Waals surface area contributed by atoms with Crippen molar-refractivity contribution in [1.29, 1.82) is 0 Å². The van der Waals surface area contributed by atoms with Gasteiger partial charge in [-0.1, -0.05) is 6.92 Å². The molecule has 0 radical (unpaired) electrons. The van der Waals surface area contributed by atoms with Crippen molar-refractivity contribution in [3.8, 4) is 0 Å². The lowest BCUT2D eigenvalue weighted by molar-refractivity contribution is -0.120. The zero-order valence-corrected chi connectivity index (χ0v) is 10.9. The number of amides is 1. The predicted octanol–water partition coefficient (Wildman–Crippen LogP) is 0.259. The largest absolute Gasteiger partial charge is 0.355 e. The monoisotopic (exact) mass is 246 g/mol. The van der Waals surface area contributed by atoms with Crippen LogP contribution in [0.25, 0.3) is 0 Å². The maximum atomic E-state index is 11.3. The molecule has 0 spiro atoms. The molecule has 1 aliphatic rings. The molecular formula is C11H22N2O2S. The smallest absolute Gasteiger partial charge is 0.233 e. The molecule has 0 saturated heterocycles. The van der Waals surface area contributed by atoms with Crippen LogP contribution in [0, 0.1) is 5.92 Å². The van der Waals surface area contributed by atoms with Crippen molar-refractivity contribution in [2.75, 3.05) is 25.9 Å². The molecule has 0 aromatic carbocycles. The Morgan fingerprint density at radius 2 is 2.19 bits per heavy atom. The van der Waals surface area contributed by atoms with E-state index in [1.165, 1.54) is 12.8 Å². The topological polar surface area (TPSA) is 58.2 Å². The second kappa shape index (κ2) is 7.01. The summed E-state index contributed by atoms with van der Waals surface area (Å²) in [7, 11) is -0.766. The van der Waals surface area contributed by atoms with E-state index < -0.39 is 10.8 Å². The molecule has 2 unspecified atom stereocenters. The Morgan fingerprint density at radius 1 is 1.50 bits per heavy atom. The van der Waals surface area contributed by atoms with Crippen LogP contribution in [0.3, 0.4) is 0 Å². The van der Waals surface area contributed by atoms with Crippen molar-refractivity contribution in [1.82, 2.24) is 10.6 Å². The number of hydrogen-bond acceptors (Lipinski definition) is 3. The minimum absolute atomic E-state index is 0.0668. The quantitative estimate of drug-likeness (QED) is 0.604. The lowest BCUT2D eigenvalue weighted by atomic mass is 10.3. The molecule has 16 heavy (non-hydrogen) atoms. The first kappa shape index (κ1) is 13.6. The highest BCUT2D eigenvalue weighted by Crippen LogP contribution is 2.27. The first-order valence-corrected chi connectivity index (χ1v) is 7.51. The van der Waals surface area contributed by atoms with Gasteiger partial charge >= 0.3 is 0 Å². The fourth-order valence-corrected chi connectivity index (χ4v) is 1.77. The number of nitrogens with one attached hydrogen (secondary N) is 2. The molecule has 0 bridgehead atoms. The predicted molar refractivity (Wildman–Crippen MR) is 66.7 cm³/mol. The van der Waals surface area contributed by atoms with Gasteiger partial charge in [-0.15, -0.1) is 0 Å². The first-order chi connectivity index (χ1) is 7.59. The second-order valence-corrected chi connectivity index (χ2v) is 6.32. The molecule has 2 N–H and O–H groups in total. The summed E-state index contributed by atoms with van der Waals surface area (Å²) in [5.41, 5.74) is 0. The maximum absolute atomic E-state index is 11.3. The van der Waals surface area contributed by atoms with E-state index in [9.17, 15) is 9.00 Å². The van der Waals surface area contributed by atoms with Gasteiger partial charge < -0.3 is 10.6 Å². The molecule has 0 aromatic heterocycles. The van der Waals surface area contributed by atoms with Gasteiger partial charge in [0.2, 0.25) is 5.91 Å². The van der Waals surface area contributed by atoms with Gasteiger partial charge in [0.1, 0.15) is 0 Å². The molecule has 1 aliphatic carbocycles. The summed E-state index contributed by atoms with van der Waals surface area (Å²) in [5, 5.41) is 6.16. The minimum Gasteiger partial charge on any atom is -0.355 e. The molecule has 0 aliphatic heterocycles. The van der Waals surface area contributed by atoms with Crippen LogP contribution in [0.5, 0.6) is 0 Å². The lowest BCUT2D eigenvalue weighted by Crippen LogP contribution is -2.36. The lowest BCUT2D eigenvalue weighted by Gasteiger charge is -2.09. The summed E-state index contributed by atoms with van der Waals surface area (Å²) in [4.78, 5) is 11.3. The third-order valence-electron chi connectivity index (χ3n) is 2.86. The van der Waals surface area contributed by atoms with Crippen LogP contribution in [-0.2, 0) is 15.6 Å². The molecule has 4 nitrogen and oxygen atoms in total. The van der Waals surface area contributed by atoms with Crippen LogP contribution in [-0.4, -0.2) is 41.3 Å². The average Bonchev–Trinajstić information content (AvgIpc) is 3.04. The van der Waals surface area contributed by atoms with Crippen molar-refractivity contribution in [2.24, 2.45) is 5.92 Å². The molecule has 1 fully saturated rings. The standard InChI is InChI=1S/C11H22N2O2S/c1-9(16(2)15)5-6-12-8-11(14)13-7-10-3-4-10/h9-10,12H,3-8H2,1-2H3,(H,13,14). The summed E-state index contributed by atoms with van der Waals surface area (Å²) in [5.74, 6) is 0.795. The van der Waals surface area contributed by atoms with Crippen molar-refractivity contribution in [3.63, 3.8) is 0 Å². The number of carbonyl (C=O) groups is 1. The number of carbonyl (C=O) groups excluding carboxylic acids is 1. The zero-order chi connectivity index (χ0) is 12.0. The Kier molecular flexibility index (Phi) is 5.98. The van der Waals surface area contributed by atoms with Gasteiger partial charge in [0.05, 0.1) is 6.54 Å². The Morgan fingerprint density at radius 3 is 2.75 bits per heavy atom. The van der Waals surface area contributed by atoms with E-state index >= 15 is 0 Å². The summed E-state index contributed by atoms with van der Waals surface area (Å²) >= 11 is 0. The van der Waals surface area contributed by atoms with Crippen LogP contribution in [0.2, 0.25) is 0 Å². The van der Waals surface area contributed by atoms with E-state index in [1.54, 1.807) is 6.26 Å². The highest BCUT2D eigenvalue weighted by Gasteiger charge is 2.21. The van der Waals surface area contributed by atoms with Gasteiger partial charge in [0, 0.05) is 28.9 Å². The average molecular weight is 246 g/mol. The SMILES string of the molecule is CC(CCNCC(=O)NCC1CC1)S(C)=O. The third kappa shape index (κ3) is 6.23. The van der Waals surface area contributed by atoms with Gasteiger partial charge in [-0.05, 0) is 31.7 Å². The summed E-state index contributed by atoms with van der Waals surface area (Å²) < 4.78 is 11.1. The van der Waals surface area contributed by atoms with Crippen LogP contribution in [0.15, 0.2) is 0 Å². The third-order valence-corrected chi connectivity index (χ3v) is 4.23. The van der Waals surface area contributed by atoms with Crippen molar-refractivity contribution >= 4 is 16.7 Å². The molecule has 1 amide bonds. The second-order valence-electron chi connectivity index (χ2n) is 4.52. The van der Waals surface area contributed by atoms with Gasteiger partial charge in [-0.25, -0.2) is 0 Å². The van der Waals surface area contributed by atoms with Gasteiger partial charge in [-0.2, -0.15) is 0 Å². The highest BCUT2D eigenvalue weighted by molar-refractivity contribution is 7.84. The summed E-state index contributed by atoms with van der Waals surface area (Å²) in [6.45, 7) is 3.91. The van der Waals surface area contributed by atoms with Gasteiger partial charge in [0.15, 0.2) is 0 Å². The maximum Gasteiger partial charge on any atom is 0.233 e. The number of hydrogen-bond donors (Lipinski definition) is 2. The molecule has 2 atom stereocenters. The molecule has 94 valence electrons. The molecule has 5 heteroatoms. The van der Waals surface area contributed by atoms with Crippen molar-refractivity contribution in [3.05, 3.63) is 0 Å². The van der Waals surface area contributed by atoms with E-state index in [4.69, 9.17) is 0 Å². The van der Waals surface area contributed by atoms with Crippen molar-refractivity contribution in [2.45, 2.75) is 31.4 Å². The Labute approximate surface area is 100 Å². The fourth-order valence-electron chi connectivity index (χ4n) is 1.32. The van der Waals surface area contributed by atoms with Crippen molar-refractivity contribution < 1.29 is 9.00 Å². The first-order valence-electron chi connectivity index (χ1n) is 5.89. The zero-order valence-electron chi connectivity index (χ0n) is 10.1. The van der Waals surface area contributed by atoms with E-state index in [0.717, 1.165) is 25.4 Å². The molecule has 1 rings (SSSR count). The Hall–Kier alpha value is -0.420. The minimum atomic E-state index is -0.766. The van der Waals surface area contributed by atoms with Crippen LogP contribution in [0.4, 0.5) is 0 Å². The Balaban J connectivity index is 1.92. The van der Waals surface area contributed by atoms with E-state index in [0.29, 0.717) is 6.54 Å². The van der Waals surface area contributed by atoms with Crippen LogP contribution in [0.1, 0.15) is 26.2 Å². The van der Waals surface area contributed by atoms with E-state index in [2.05, 4.69) is 10.6 Å². The molecular weight excluding hydrogens is 224 g/mol. The fraction of sp³-hybridized carbons (Fsp3) is 0.909. The molecule has 1 saturated carbocycles. The van der Waals surface area contributed by atoms with E-state index in [-0.39, 0.29) is 11.2 Å². The van der Waals surface area contributed by atoms with E-state index in [1.807, 2.05) is 6.92 Å². The Bertz CT molecular complexity index is 254. The summed E-state index contributed by atoms with van der Waals surface area (Å²) in [6, 6.07) is 0. The highest BCUT2D eigenvalue weighted by atomic mass is 32.2.